The quantitative estimate of drug-likeness (QED) is 0.693. The van der Waals surface area contributed by atoms with Crippen LogP contribution in [0, 0.1) is 0 Å². The van der Waals surface area contributed by atoms with E-state index in [-0.39, 0.29) is 0 Å². The molecule has 0 aromatic heterocycles. The lowest BCUT2D eigenvalue weighted by molar-refractivity contribution is -0.143. The second kappa shape index (κ2) is 6.50. The standard InChI is InChI=1S/C12H25NO3S/c1-6-7-8-9-12(5,10(14)15)13-17(16)11(2,3)4/h13H,6-9H2,1-5H3,(H,14,15)/t12-,17?/m1/s1. The first-order valence-corrected chi connectivity index (χ1v) is 7.21. The first-order chi connectivity index (χ1) is 7.63. The van der Waals surface area contributed by atoms with Crippen molar-refractivity contribution < 1.29 is 14.1 Å². The van der Waals surface area contributed by atoms with Gasteiger partial charge in [-0.05, 0) is 34.1 Å². The topological polar surface area (TPSA) is 66.4 Å². The van der Waals surface area contributed by atoms with Crippen LogP contribution in [0.3, 0.4) is 0 Å². The largest absolute Gasteiger partial charge is 0.480 e. The van der Waals surface area contributed by atoms with E-state index < -0.39 is 27.2 Å². The molecule has 0 aromatic carbocycles. The fourth-order valence-electron chi connectivity index (χ4n) is 1.29. The minimum Gasteiger partial charge on any atom is -0.480 e. The Morgan fingerprint density at radius 2 is 1.76 bits per heavy atom. The molecule has 2 N–H and O–H groups in total. The lowest BCUT2D eigenvalue weighted by Gasteiger charge is -2.29. The Bertz CT molecular complexity index is 286. The van der Waals surface area contributed by atoms with Crippen molar-refractivity contribution in [3.05, 3.63) is 0 Å². The molecule has 5 heteroatoms. The SMILES string of the molecule is CCCCC[C@@](C)(NS(=O)C(C)(C)C)C(=O)O. The molecular weight excluding hydrogens is 238 g/mol. The maximum Gasteiger partial charge on any atom is 0.324 e. The van der Waals surface area contributed by atoms with Gasteiger partial charge in [-0.3, -0.25) is 4.79 Å². The van der Waals surface area contributed by atoms with Gasteiger partial charge in [0, 0.05) is 0 Å². The predicted octanol–water partition coefficient (Wildman–Crippen LogP) is 2.46. The van der Waals surface area contributed by atoms with E-state index >= 15 is 0 Å². The van der Waals surface area contributed by atoms with E-state index in [0.717, 1.165) is 19.3 Å². The maximum absolute atomic E-state index is 12.0. The summed E-state index contributed by atoms with van der Waals surface area (Å²) < 4.78 is 14.3. The Morgan fingerprint density at radius 1 is 1.24 bits per heavy atom. The van der Waals surface area contributed by atoms with Crippen LogP contribution in [0.2, 0.25) is 0 Å². The number of carboxylic acid groups (broad SMARTS) is 1. The van der Waals surface area contributed by atoms with Gasteiger partial charge in [-0.2, -0.15) is 0 Å². The van der Waals surface area contributed by atoms with Gasteiger partial charge in [0.05, 0.1) is 15.7 Å². The first-order valence-electron chi connectivity index (χ1n) is 6.06. The van der Waals surface area contributed by atoms with Crippen molar-refractivity contribution in [2.75, 3.05) is 0 Å². The van der Waals surface area contributed by atoms with E-state index in [1.54, 1.807) is 6.92 Å². The van der Waals surface area contributed by atoms with Crippen molar-refractivity contribution >= 4 is 17.0 Å². The van der Waals surface area contributed by atoms with Crippen LogP contribution in [0.15, 0.2) is 0 Å². The van der Waals surface area contributed by atoms with E-state index in [0.29, 0.717) is 6.42 Å². The third-order valence-electron chi connectivity index (χ3n) is 2.63. The van der Waals surface area contributed by atoms with Crippen LogP contribution in [-0.2, 0) is 15.8 Å². The normalized spacial score (nSPS) is 17.5. The summed E-state index contributed by atoms with van der Waals surface area (Å²) >= 11 is 0. The zero-order valence-corrected chi connectivity index (χ0v) is 12.3. The smallest absolute Gasteiger partial charge is 0.324 e. The van der Waals surface area contributed by atoms with E-state index in [2.05, 4.69) is 11.6 Å². The van der Waals surface area contributed by atoms with Gasteiger partial charge >= 0.3 is 5.97 Å². The Balaban J connectivity index is 4.62. The molecule has 0 bridgehead atoms. The zero-order valence-electron chi connectivity index (χ0n) is 11.5. The minimum atomic E-state index is -1.36. The van der Waals surface area contributed by atoms with Gasteiger partial charge < -0.3 is 5.11 Å². The third kappa shape index (κ3) is 5.64. The molecular formula is C12H25NO3S. The molecule has 17 heavy (non-hydrogen) atoms. The molecule has 0 saturated heterocycles. The van der Waals surface area contributed by atoms with Crippen molar-refractivity contribution in [1.29, 1.82) is 0 Å². The summed E-state index contributed by atoms with van der Waals surface area (Å²) in [6.45, 7) is 9.15. The Labute approximate surface area is 107 Å². The number of carboxylic acids is 1. The second-order valence-electron chi connectivity index (χ2n) is 5.58. The summed E-state index contributed by atoms with van der Waals surface area (Å²) in [5, 5.41) is 9.25. The molecule has 0 heterocycles. The molecule has 0 rings (SSSR count). The zero-order chi connectivity index (χ0) is 13.7. The van der Waals surface area contributed by atoms with Crippen LogP contribution < -0.4 is 4.72 Å². The summed E-state index contributed by atoms with van der Waals surface area (Å²) in [6, 6.07) is 0. The highest BCUT2D eigenvalue weighted by molar-refractivity contribution is 7.84. The van der Waals surface area contributed by atoms with Gasteiger partial charge in [0.25, 0.3) is 0 Å². The lowest BCUT2D eigenvalue weighted by Crippen LogP contribution is -2.53. The Kier molecular flexibility index (Phi) is 6.34. The van der Waals surface area contributed by atoms with Gasteiger partial charge in [-0.25, -0.2) is 8.93 Å². The summed E-state index contributed by atoms with van der Waals surface area (Å²) in [7, 11) is -1.36. The Hall–Kier alpha value is -0.420. The highest BCUT2D eigenvalue weighted by Crippen LogP contribution is 2.19. The van der Waals surface area contributed by atoms with Crippen molar-refractivity contribution in [3.63, 3.8) is 0 Å². The summed E-state index contributed by atoms with van der Waals surface area (Å²) in [5.41, 5.74) is -1.10. The van der Waals surface area contributed by atoms with Gasteiger partial charge in [-0.1, -0.05) is 26.2 Å². The molecule has 0 aromatic rings. The van der Waals surface area contributed by atoms with E-state index in [4.69, 9.17) is 0 Å². The minimum absolute atomic E-state index is 0.457. The summed E-state index contributed by atoms with van der Waals surface area (Å²) in [6.07, 6.45) is 3.36. The van der Waals surface area contributed by atoms with E-state index in [1.807, 2.05) is 20.8 Å². The fourth-order valence-corrected chi connectivity index (χ4v) is 2.19. The van der Waals surface area contributed by atoms with Crippen molar-refractivity contribution in [3.8, 4) is 0 Å². The highest BCUT2D eigenvalue weighted by atomic mass is 32.2. The van der Waals surface area contributed by atoms with Crippen LogP contribution in [0.5, 0.6) is 0 Å². The van der Waals surface area contributed by atoms with Crippen LogP contribution in [0.4, 0.5) is 0 Å². The number of hydrogen-bond acceptors (Lipinski definition) is 2. The monoisotopic (exact) mass is 263 g/mol. The van der Waals surface area contributed by atoms with Gasteiger partial charge in [0.1, 0.15) is 5.54 Å². The maximum atomic E-state index is 12.0. The van der Waals surface area contributed by atoms with Crippen LogP contribution >= 0.6 is 0 Å². The predicted molar refractivity (Wildman–Crippen MR) is 71.2 cm³/mol. The second-order valence-corrected chi connectivity index (χ2v) is 7.54. The number of aliphatic carboxylic acids is 1. The highest BCUT2D eigenvalue weighted by Gasteiger charge is 2.36. The molecule has 0 aliphatic rings. The molecule has 0 fully saturated rings. The average Bonchev–Trinajstić information content (AvgIpc) is 2.16. The average molecular weight is 263 g/mol. The molecule has 0 spiro atoms. The molecule has 102 valence electrons. The molecule has 0 amide bonds. The number of unbranched alkanes of at least 4 members (excludes halogenated alkanes) is 2. The van der Waals surface area contributed by atoms with Crippen molar-refractivity contribution in [2.24, 2.45) is 0 Å². The number of rotatable bonds is 7. The lowest BCUT2D eigenvalue weighted by atomic mass is 9.96. The first kappa shape index (κ1) is 16.6. The van der Waals surface area contributed by atoms with Crippen LogP contribution in [0.1, 0.15) is 60.3 Å². The number of nitrogens with one attached hydrogen (secondary N) is 1. The van der Waals surface area contributed by atoms with Gasteiger partial charge in [0.15, 0.2) is 0 Å². The Morgan fingerprint density at radius 3 is 2.12 bits per heavy atom. The van der Waals surface area contributed by atoms with E-state index in [1.165, 1.54) is 0 Å². The summed E-state index contributed by atoms with van der Waals surface area (Å²) in [5.74, 6) is -0.939. The third-order valence-corrected chi connectivity index (χ3v) is 4.37. The molecule has 0 radical (unpaired) electrons. The number of hydrogen-bond donors (Lipinski definition) is 2. The molecule has 0 aliphatic carbocycles. The van der Waals surface area contributed by atoms with Gasteiger partial charge in [-0.15, -0.1) is 0 Å². The van der Waals surface area contributed by atoms with Crippen LogP contribution in [0.25, 0.3) is 0 Å². The van der Waals surface area contributed by atoms with Gasteiger partial charge in [0.2, 0.25) is 0 Å². The molecule has 0 saturated carbocycles. The molecule has 2 atom stereocenters. The van der Waals surface area contributed by atoms with Crippen LogP contribution in [-0.4, -0.2) is 25.6 Å². The fraction of sp³-hybridized carbons (Fsp3) is 0.917. The molecule has 4 nitrogen and oxygen atoms in total. The van der Waals surface area contributed by atoms with Crippen molar-refractivity contribution in [2.45, 2.75) is 70.6 Å². The van der Waals surface area contributed by atoms with E-state index in [9.17, 15) is 14.1 Å². The summed E-state index contributed by atoms with van der Waals surface area (Å²) in [4.78, 5) is 11.3. The molecule has 0 aliphatic heterocycles. The number of carbonyl (C=O) groups is 1. The van der Waals surface area contributed by atoms with Crippen molar-refractivity contribution in [1.82, 2.24) is 4.72 Å². The molecule has 1 unspecified atom stereocenters.